The Morgan fingerprint density at radius 3 is 2.36 bits per heavy atom. The van der Waals surface area contributed by atoms with E-state index in [-0.39, 0.29) is 39.5 Å². The summed E-state index contributed by atoms with van der Waals surface area (Å²) in [5, 5.41) is 5.08. The van der Waals surface area contributed by atoms with Gasteiger partial charge in [0.1, 0.15) is 28.7 Å². The van der Waals surface area contributed by atoms with Gasteiger partial charge in [-0.25, -0.2) is 17.7 Å². The summed E-state index contributed by atoms with van der Waals surface area (Å²) >= 11 is 6.05. The number of amides is 2. The number of sulfonamides is 1. The molecule has 2 saturated heterocycles. The molecule has 10 nitrogen and oxygen atoms in total. The van der Waals surface area contributed by atoms with E-state index in [0.717, 1.165) is 17.1 Å². The lowest BCUT2D eigenvalue weighted by molar-refractivity contribution is -0.135. The highest BCUT2D eigenvalue weighted by Gasteiger charge is 2.43. The first kappa shape index (κ1) is 31.8. The average Bonchev–Trinajstić information content (AvgIpc) is 3.17. The quantitative estimate of drug-likeness (QED) is 0.432. The van der Waals surface area contributed by atoms with Crippen LogP contribution in [0.4, 0.5) is 19.0 Å². The number of hydrogen-bond donors (Lipinski definition) is 2. The first-order valence-corrected chi connectivity index (χ1v) is 15.1. The van der Waals surface area contributed by atoms with Crippen LogP contribution in [0.2, 0.25) is 5.02 Å². The zero-order chi connectivity index (χ0) is 31.0. The van der Waals surface area contributed by atoms with E-state index < -0.39 is 40.2 Å². The van der Waals surface area contributed by atoms with Gasteiger partial charge in [0.25, 0.3) is 11.8 Å². The standard InChI is InChI=1S/C27H33ClF3N5O5S/c1-26(2,41-21-11-8-16(28)12-22(21)42(39,40)35(3)4)25(38)33-17-13-18-9-10-19(14-17)36(18)23-7-5-6-20(34-23)24(37)32-15-27(29,30)31/h5-8,11-12,17-19H,9-10,13-15H2,1-4H3,(H,32,37)(H,33,38)/t17?,18-,19+. The third kappa shape index (κ3) is 7.09. The predicted octanol–water partition coefficient (Wildman–Crippen LogP) is 3.75. The molecule has 42 heavy (non-hydrogen) atoms. The Bertz CT molecular complexity index is 1440. The van der Waals surface area contributed by atoms with Crippen LogP contribution in [0.25, 0.3) is 0 Å². The van der Waals surface area contributed by atoms with Crippen LogP contribution in [0.3, 0.4) is 0 Å². The summed E-state index contributed by atoms with van der Waals surface area (Å²) in [7, 11) is -1.14. The van der Waals surface area contributed by atoms with Crippen molar-refractivity contribution in [1.29, 1.82) is 0 Å². The highest BCUT2D eigenvalue weighted by molar-refractivity contribution is 7.89. The number of aromatic nitrogens is 1. The van der Waals surface area contributed by atoms with Crippen LogP contribution in [0.15, 0.2) is 41.3 Å². The van der Waals surface area contributed by atoms with Crippen molar-refractivity contribution < 1.29 is 35.9 Å². The van der Waals surface area contributed by atoms with Crippen LogP contribution in [0.5, 0.6) is 5.75 Å². The topological polar surface area (TPSA) is 121 Å². The number of nitrogens with one attached hydrogen (secondary N) is 2. The maximum Gasteiger partial charge on any atom is 0.405 e. The van der Waals surface area contributed by atoms with Gasteiger partial charge in [0.05, 0.1) is 0 Å². The number of anilines is 1. The van der Waals surface area contributed by atoms with Crippen molar-refractivity contribution in [2.24, 2.45) is 0 Å². The number of hydrogen-bond acceptors (Lipinski definition) is 7. The van der Waals surface area contributed by atoms with Gasteiger partial charge in [0.2, 0.25) is 10.0 Å². The van der Waals surface area contributed by atoms with Gasteiger partial charge in [-0.3, -0.25) is 9.59 Å². The molecule has 15 heteroatoms. The Morgan fingerprint density at radius 1 is 1.12 bits per heavy atom. The average molecular weight is 632 g/mol. The number of halogens is 4. The molecule has 0 saturated carbocycles. The number of ether oxygens (including phenoxy) is 1. The Balaban J connectivity index is 1.43. The van der Waals surface area contributed by atoms with E-state index in [9.17, 15) is 31.2 Å². The fourth-order valence-corrected chi connectivity index (χ4v) is 6.55. The first-order valence-electron chi connectivity index (χ1n) is 13.3. The molecular weight excluding hydrogens is 599 g/mol. The third-order valence-corrected chi connectivity index (χ3v) is 9.40. The highest BCUT2D eigenvalue weighted by atomic mass is 35.5. The molecule has 2 bridgehead atoms. The van der Waals surface area contributed by atoms with Crippen molar-refractivity contribution in [2.75, 3.05) is 25.5 Å². The van der Waals surface area contributed by atoms with Crippen molar-refractivity contribution in [2.45, 2.75) is 74.3 Å². The van der Waals surface area contributed by atoms with Gasteiger partial charge in [0, 0.05) is 37.2 Å². The minimum Gasteiger partial charge on any atom is -0.477 e. The summed E-state index contributed by atoms with van der Waals surface area (Å²) in [5.41, 5.74) is -1.54. The summed E-state index contributed by atoms with van der Waals surface area (Å²) in [6.45, 7) is 1.65. The minimum atomic E-state index is -4.53. The fraction of sp³-hybridized carbons (Fsp3) is 0.519. The van der Waals surface area contributed by atoms with E-state index in [1.165, 1.54) is 38.4 Å². The zero-order valence-electron chi connectivity index (χ0n) is 23.5. The SMILES string of the molecule is CN(C)S(=O)(=O)c1cc(Cl)ccc1OC(C)(C)C(=O)NC1C[C@H]2CC[C@@H](C1)N2c1cccc(C(=O)NCC(F)(F)F)n1. The number of carbonyl (C=O) groups excluding carboxylic acids is 2. The smallest absolute Gasteiger partial charge is 0.405 e. The number of nitrogens with zero attached hydrogens (tertiary/aromatic N) is 3. The third-order valence-electron chi connectivity index (χ3n) is 7.33. The number of fused-ring (bicyclic) bond motifs is 2. The second kappa shape index (κ2) is 11.9. The number of pyridine rings is 1. The first-order chi connectivity index (χ1) is 19.5. The molecule has 0 spiro atoms. The minimum absolute atomic E-state index is 0.00614. The van der Waals surface area contributed by atoms with E-state index in [2.05, 4.69) is 15.2 Å². The number of piperidine rings is 1. The van der Waals surface area contributed by atoms with Crippen molar-refractivity contribution in [3.8, 4) is 5.75 Å². The van der Waals surface area contributed by atoms with Crippen molar-refractivity contribution in [3.63, 3.8) is 0 Å². The lowest BCUT2D eigenvalue weighted by Gasteiger charge is -2.41. The normalized spacial score (nSPS) is 20.9. The van der Waals surface area contributed by atoms with Gasteiger partial charge in [-0.05, 0) is 69.9 Å². The van der Waals surface area contributed by atoms with Crippen molar-refractivity contribution >= 4 is 39.3 Å². The zero-order valence-corrected chi connectivity index (χ0v) is 25.1. The molecule has 1 aromatic heterocycles. The van der Waals surface area contributed by atoms with Crippen LogP contribution >= 0.6 is 11.6 Å². The molecule has 230 valence electrons. The summed E-state index contributed by atoms with van der Waals surface area (Å²) in [5.74, 6) is -0.848. The molecular formula is C27H33ClF3N5O5S. The van der Waals surface area contributed by atoms with E-state index in [0.29, 0.717) is 18.7 Å². The van der Waals surface area contributed by atoms with Gasteiger partial charge in [-0.2, -0.15) is 13.2 Å². The van der Waals surface area contributed by atoms with E-state index in [1.54, 1.807) is 26.0 Å². The summed E-state index contributed by atoms with van der Waals surface area (Å²) in [6.07, 6.45) is -1.74. The van der Waals surface area contributed by atoms with Gasteiger partial charge in [-0.15, -0.1) is 0 Å². The number of rotatable bonds is 9. The maximum atomic E-state index is 13.4. The van der Waals surface area contributed by atoms with E-state index >= 15 is 0 Å². The van der Waals surface area contributed by atoms with Crippen LogP contribution < -0.4 is 20.3 Å². The Morgan fingerprint density at radius 2 is 1.76 bits per heavy atom. The van der Waals surface area contributed by atoms with E-state index in [1.807, 2.05) is 5.32 Å². The summed E-state index contributed by atoms with van der Waals surface area (Å²) in [4.78, 5) is 31.8. The number of carbonyl (C=O) groups is 2. The molecule has 2 aromatic rings. The van der Waals surface area contributed by atoms with Crippen LogP contribution in [-0.2, 0) is 14.8 Å². The van der Waals surface area contributed by atoms with Crippen molar-refractivity contribution in [3.05, 3.63) is 47.1 Å². The molecule has 2 N–H and O–H groups in total. The lowest BCUT2D eigenvalue weighted by Crippen LogP contribution is -2.55. The second-order valence-electron chi connectivity index (χ2n) is 11.1. The molecule has 1 unspecified atom stereocenters. The fourth-order valence-electron chi connectivity index (χ4n) is 5.28. The Kier molecular flexibility index (Phi) is 9.00. The van der Waals surface area contributed by atoms with Crippen LogP contribution in [-0.4, -0.2) is 80.1 Å². The molecule has 1 aromatic carbocycles. The number of benzene rings is 1. The molecule has 0 radical (unpaired) electrons. The van der Waals surface area contributed by atoms with Gasteiger partial charge >= 0.3 is 6.18 Å². The molecule has 3 heterocycles. The van der Waals surface area contributed by atoms with E-state index in [4.69, 9.17) is 16.3 Å². The van der Waals surface area contributed by atoms with Gasteiger partial charge < -0.3 is 20.3 Å². The molecule has 2 amide bonds. The Hall–Kier alpha value is -3.10. The number of alkyl halides is 3. The second-order valence-corrected chi connectivity index (χ2v) is 13.7. The molecule has 3 atom stereocenters. The van der Waals surface area contributed by atoms with Gasteiger partial charge in [0.15, 0.2) is 5.60 Å². The molecule has 2 aliphatic rings. The molecule has 2 fully saturated rings. The summed E-state index contributed by atoms with van der Waals surface area (Å²) in [6, 6.07) is 8.61. The largest absolute Gasteiger partial charge is 0.477 e. The molecule has 0 aliphatic carbocycles. The van der Waals surface area contributed by atoms with Crippen LogP contribution in [0.1, 0.15) is 50.0 Å². The van der Waals surface area contributed by atoms with Gasteiger partial charge in [-0.1, -0.05) is 17.7 Å². The Labute approximate surface area is 247 Å². The summed E-state index contributed by atoms with van der Waals surface area (Å²) < 4.78 is 70.2. The molecule has 4 rings (SSSR count). The highest BCUT2D eigenvalue weighted by Crippen LogP contribution is 2.39. The monoisotopic (exact) mass is 631 g/mol. The lowest BCUT2D eigenvalue weighted by atomic mass is 9.96. The van der Waals surface area contributed by atoms with Crippen LogP contribution in [0, 0.1) is 0 Å². The predicted molar refractivity (Wildman–Crippen MR) is 150 cm³/mol. The van der Waals surface area contributed by atoms with Crippen molar-refractivity contribution in [1.82, 2.24) is 19.9 Å². The molecule has 2 aliphatic heterocycles. The maximum absolute atomic E-state index is 13.4.